The summed E-state index contributed by atoms with van der Waals surface area (Å²) < 4.78 is 10.8. The molecule has 96 valence electrons. The average Bonchev–Trinajstić information content (AvgIpc) is 2.41. The SMILES string of the molecule is O=C1/C=C/c2ccccc2OCCCCCCO1. The maximum absolute atomic E-state index is 11.4. The summed E-state index contributed by atoms with van der Waals surface area (Å²) in [5.41, 5.74) is 0.911. The highest BCUT2D eigenvalue weighted by Crippen LogP contribution is 2.20. The number of carbonyl (C=O) groups excluding carboxylic acids is 1. The van der Waals surface area contributed by atoms with Crippen molar-refractivity contribution in [1.29, 1.82) is 0 Å². The van der Waals surface area contributed by atoms with E-state index in [0.717, 1.165) is 43.6 Å². The lowest BCUT2D eigenvalue weighted by Crippen LogP contribution is -2.02. The standard InChI is InChI=1S/C15H18O3/c16-15-10-9-13-7-3-4-8-14(13)17-11-5-1-2-6-12-18-15/h3-4,7-10H,1-2,5-6,11-12H2/b10-9+. The molecule has 0 aliphatic carbocycles. The zero-order chi connectivity index (χ0) is 12.6. The number of cyclic esters (lactones) is 1. The molecule has 1 aliphatic rings. The van der Waals surface area contributed by atoms with Gasteiger partial charge in [0.25, 0.3) is 0 Å². The first-order chi connectivity index (χ1) is 8.86. The number of hydrogen-bond acceptors (Lipinski definition) is 3. The predicted molar refractivity (Wildman–Crippen MR) is 70.4 cm³/mol. The molecule has 2 rings (SSSR count). The van der Waals surface area contributed by atoms with Crippen LogP contribution in [0.15, 0.2) is 30.3 Å². The molecule has 0 spiro atoms. The van der Waals surface area contributed by atoms with Crippen molar-refractivity contribution >= 4 is 12.0 Å². The van der Waals surface area contributed by atoms with Crippen molar-refractivity contribution in [3.05, 3.63) is 35.9 Å². The Morgan fingerprint density at radius 1 is 0.833 bits per heavy atom. The Morgan fingerprint density at radius 2 is 1.56 bits per heavy atom. The van der Waals surface area contributed by atoms with Crippen molar-refractivity contribution in [3.8, 4) is 5.75 Å². The maximum atomic E-state index is 11.4. The predicted octanol–water partition coefficient (Wildman–Crippen LogP) is 3.20. The van der Waals surface area contributed by atoms with Crippen molar-refractivity contribution < 1.29 is 14.3 Å². The summed E-state index contributed by atoms with van der Waals surface area (Å²) in [5.74, 6) is 0.532. The maximum Gasteiger partial charge on any atom is 0.330 e. The van der Waals surface area contributed by atoms with E-state index in [1.54, 1.807) is 6.08 Å². The smallest absolute Gasteiger partial charge is 0.330 e. The highest BCUT2D eigenvalue weighted by atomic mass is 16.5. The largest absolute Gasteiger partial charge is 0.493 e. The molecule has 0 saturated carbocycles. The van der Waals surface area contributed by atoms with Gasteiger partial charge in [0.2, 0.25) is 0 Å². The second kappa shape index (κ2) is 6.84. The molecule has 0 radical (unpaired) electrons. The minimum Gasteiger partial charge on any atom is -0.493 e. The lowest BCUT2D eigenvalue weighted by molar-refractivity contribution is -0.137. The van der Waals surface area contributed by atoms with Crippen LogP contribution in [0.25, 0.3) is 6.08 Å². The highest BCUT2D eigenvalue weighted by Gasteiger charge is 2.03. The van der Waals surface area contributed by atoms with Gasteiger partial charge in [0, 0.05) is 11.6 Å². The summed E-state index contributed by atoms with van der Waals surface area (Å²) in [4.78, 5) is 11.4. The Morgan fingerprint density at radius 3 is 2.39 bits per heavy atom. The van der Waals surface area contributed by atoms with E-state index in [4.69, 9.17) is 9.47 Å². The summed E-state index contributed by atoms with van der Waals surface area (Å²) in [6.07, 6.45) is 7.34. The second-order valence-corrected chi connectivity index (χ2v) is 4.30. The summed E-state index contributed by atoms with van der Waals surface area (Å²) in [6, 6.07) is 7.71. The molecule has 0 amide bonds. The van der Waals surface area contributed by atoms with Crippen LogP contribution in [0.1, 0.15) is 31.2 Å². The van der Waals surface area contributed by atoms with Crippen molar-refractivity contribution in [2.45, 2.75) is 25.7 Å². The molecule has 1 aliphatic heterocycles. The molecule has 0 fully saturated rings. The molecule has 0 N–H and O–H groups in total. The van der Waals surface area contributed by atoms with Crippen LogP contribution in [0.3, 0.4) is 0 Å². The molecule has 0 bridgehead atoms. The van der Waals surface area contributed by atoms with Crippen molar-refractivity contribution in [2.75, 3.05) is 13.2 Å². The Labute approximate surface area is 107 Å². The molecule has 1 aromatic rings. The van der Waals surface area contributed by atoms with Crippen molar-refractivity contribution in [3.63, 3.8) is 0 Å². The first-order valence-corrected chi connectivity index (χ1v) is 6.43. The van der Waals surface area contributed by atoms with E-state index in [1.165, 1.54) is 6.08 Å². The third kappa shape index (κ3) is 3.91. The fourth-order valence-electron chi connectivity index (χ4n) is 1.87. The molecule has 18 heavy (non-hydrogen) atoms. The van der Waals surface area contributed by atoms with Gasteiger partial charge in [-0.3, -0.25) is 0 Å². The zero-order valence-corrected chi connectivity index (χ0v) is 10.4. The molecular formula is C15H18O3. The second-order valence-electron chi connectivity index (χ2n) is 4.30. The highest BCUT2D eigenvalue weighted by molar-refractivity contribution is 5.87. The quantitative estimate of drug-likeness (QED) is 0.659. The van der Waals surface area contributed by atoms with Gasteiger partial charge in [-0.2, -0.15) is 0 Å². The number of ether oxygens (including phenoxy) is 2. The molecule has 0 atom stereocenters. The van der Waals surface area contributed by atoms with Crippen LogP contribution < -0.4 is 4.74 Å². The fourth-order valence-corrected chi connectivity index (χ4v) is 1.87. The first kappa shape index (κ1) is 12.7. The number of benzene rings is 1. The lowest BCUT2D eigenvalue weighted by Gasteiger charge is -2.08. The zero-order valence-electron chi connectivity index (χ0n) is 10.4. The molecule has 0 unspecified atom stereocenters. The number of hydrogen-bond donors (Lipinski definition) is 0. The number of para-hydroxylation sites is 1. The lowest BCUT2D eigenvalue weighted by atomic mass is 10.2. The van der Waals surface area contributed by atoms with E-state index >= 15 is 0 Å². The monoisotopic (exact) mass is 246 g/mol. The molecule has 0 aromatic heterocycles. The van der Waals surface area contributed by atoms with E-state index in [9.17, 15) is 4.79 Å². The van der Waals surface area contributed by atoms with E-state index < -0.39 is 0 Å². The fraction of sp³-hybridized carbons (Fsp3) is 0.400. The van der Waals surface area contributed by atoms with Gasteiger partial charge in [0.1, 0.15) is 5.75 Å². The van der Waals surface area contributed by atoms with Crippen LogP contribution in [-0.2, 0) is 9.53 Å². The van der Waals surface area contributed by atoms with Gasteiger partial charge in [-0.05, 0) is 37.8 Å². The number of fused-ring (bicyclic) bond motifs is 1. The van der Waals surface area contributed by atoms with E-state index in [1.807, 2.05) is 24.3 Å². The first-order valence-electron chi connectivity index (χ1n) is 6.43. The van der Waals surface area contributed by atoms with E-state index in [0.29, 0.717) is 6.61 Å². The van der Waals surface area contributed by atoms with Crippen molar-refractivity contribution in [2.24, 2.45) is 0 Å². The number of carbonyl (C=O) groups is 1. The summed E-state index contributed by atoms with van der Waals surface area (Å²) in [7, 11) is 0. The molecule has 0 saturated heterocycles. The van der Waals surface area contributed by atoms with Gasteiger partial charge in [0.15, 0.2) is 0 Å². The summed E-state index contributed by atoms with van der Waals surface area (Å²) in [5, 5.41) is 0. The van der Waals surface area contributed by atoms with Gasteiger partial charge in [0.05, 0.1) is 13.2 Å². The van der Waals surface area contributed by atoms with Crippen LogP contribution >= 0.6 is 0 Å². The molecular weight excluding hydrogens is 228 g/mol. The van der Waals surface area contributed by atoms with Crippen LogP contribution in [0.2, 0.25) is 0 Å². The van der Waals surface area contributed by atoms with Gasteiger partial charge in [-0.1, -0.05) is 18.2 Å². The molecule has 1 aromatic carbocycles. The number of esters is 1. The van der Waals surface area contributed by atoms with Gasteiger partial charge in [-0.15, -0.1) is 0 Å². The number of rotatable bonds is 0. The van der Waals surface area contributed by atoms with Crippen LogP contribution in [0.5, 0.6) is 5.75 Å². The van der Waals surface area contributed by atoms with Gasteiger partial charge < -0.3 is 9.47 Å². The topological polar surface area (TPSA) is 35.5 Å². The summed E-state index contributed by atoms with van der Waals surface area (Å²) >= 11 is 0. The Hall–Kier alpha value is -1.77. The normalized spacial score (nSPS) is 19.2. The Balaban J connectivity index is 2.12. The van der Waals surface area contributed by atoms with E-state index in [-0.39, 0.29) is 5.97 Å². The Kier molecular flexibility index (Phi) is 4.82. The minimum atomic E-state index is -0.288. The van der Waals surface area contributed by atoms with Gasteiger partial charge in [-0.25, -0.2) is 4.79 Å². The van der Waals surface area contributed by atoms with Crippen LogP contribution in [-0.4, -0.2) is 19.2 Å². The third-order valence-electron chi connectivity index (χ3n) is 2.86. The van der Waals surface area contributed by atoms with Gasteiger partial charge >= 0.3 is 5.97 Å². The third-order valence-corrected chi connectivity index (χ3v) is 2.86. The van der Waals surface area contributed by atoms with Crippen LogP contribution in [0.4, 0.5) is 0 Å². The minimum absolute atomic E-state index is 0.288. The Bertz CT molecular complexity index is 424. The van der Waals surface area contributed by atoms with Crippen molar-refractivity contribution in [1.82, 2.24) is 0 Å². The van der Waals surface area contributed by atoms with Crippen LogP contribution in [0, 0.1) is 0 Å². The molecule has 3 heteroatoms. The molecule has 1 heterocycles. The van der Waals surface area contributed by atoms with E-state index in [2.05, 4.69) is 0 Å². The summed E-state index contributed by atoms with van der Waals surface area (Å²) in [6.45, 7) is 1.23. The molecule has 3 nitrogen and oxygen atoms in total. The average molecular weight is 246 g/mol.